The van der Waals surface area contributed by atoms with Gasteiger partial charge in [0.05, 0.1) is 6.04 Å². The van der Waals surface area contributed by atoms with Crippen molar-refractivity contribution in [3.05, 3.63) is 42.5 Å². The predicted molar refractivity (Wildman–Crippen MR) is 83.4 cm³/mol. The summed E-state index contributed by atoms with van der Waals surface area (Å²) in [7, 11) is 0. The molecule has 1 aromatic rings. The Morgan fingerprint density at radius 2 is 1.90 bits per heavy atom. The molecule has 1 heterocycles. The molecule has 1 atom stereocenters. The molecule has 0 bridgehead atoms. The number of likely N-dealkylation sites (tertiary alicyclic amines) is 1. The first kappa shape index (κ1) is 14.8. The van der Waals surface area contributed by atoms with Crippen LogP contribution < -0.4 is 5.32 Å². The van der Waals surface area contributed by atoms with Crippen molar-refractivity contribution in [3.63, 3.8) is 0 Å². The van der Waals surface area contributed by atoms with Gasteiger partial charge < -0.3 is 10.2 Å². The minimum absolute atomic E-state index is 0.145. The molecule has 1 N–H and O–H groups in total. The number of nitrogens with one attached hydrogen (secondary N) is 1. The Labute approximate surface area is 121 Å². The summed E-state index contributed by atoms with van der Waals surface area (Å²) in [6.07, 6.45) is 3.51. The van der Waals surface area contributed by atoms with E-state index >= 15 is 0 Å². The van der Waals surface area contributed by atoms with E-state index in [-0.39, 0.29) is 11.9 Å². The third kappa shape index (κ3) is 3.94. The average Bonchev–Trinajstić information content (AvgIpc) is 2.53. The van der Waals surface area contributed by atoms with E-state index in [9.17, 15) is 4.79 Å². The third-order valence-corrected chi connectivity index (χ3v) is 3.84. The van der Waals surface area contributed by atoms with E-state index < -0.39 is 0 Å². The summed E-state index contributed by atoms with van der Waals surface area (Å²) in [5.74, 6) is 0.213. The van der Waals surface area contributed by atoms with E-state index in [1.165, 1.54) is 6.42 Å². The van der Waals surface area contributed by atoms with Gasteiger partial charge in [0.15, 0.2) is 0 Å². The highest BCUT2D eigenvalue weighted by molar-refractivity contribution is 5.81. The van der Waals surface area contributed by atoms with Crippen molar-refractivity contribution in [3.8, 4) is 0 Å². The van der Waals surface area contributed by atoms with Gasteiger partial charge in [-0.25, -0.2) is 0 Å². The molecule has 1 fully saturated rings. The summed E-state index contributed by atoms with van der Waals surface area (Å²) in [6, 6.07) is 9.94. The van der Waals surface area contributed by atoms with Crippen LogP contribution in [-0.2, 0) is 4.79 Å². The van der Waals surface area contributed by atoms with Crippen LogP contribution in [0.3, 0.4) is 0 Å². The fourth-order valence-corrected chi connectivity index (χ4v) is 2.53. The van der Waals surface area contributed by atoms with Crippen molar-refractivity contribution in [1.29, 1.82) is 0 Å². The molecule has 0 aromatic heterocycles. The van der Waals surface area contributed by atoms with Crippen molar-refractivity contribution in [2.75, 3.05) is 19.6 Å². The maximum atomic E-state index is 12.3. The smallest absolute Gasteiger partial charge is 0.239 e. The fourth-order valence-electron chi connectivity index (χ4n) is 2.53. The monoisotopic (exact) mass is 272 g/mol. The number of amides is 1. The minimum Gasteiger partial charge on any atom is -0.341 e. The average molecular weight is 272 g/mol. The van der Waals surface area contributed by atoms with Crippen LogP contribution >= 0.6 is 0 Å². The van der Waals surface area contributed by atoms with E-state index in [4.69, 9.17) is 0 Å². The lowest BCUT2D eigenvalue weighted by atomic mass is 10.1. The lowest BCUT2D eigenvalue weighted by molar-refractivity contribution is -0.133. The van der Waals surface area contributed by atoms with Crippen LogP contribution in [0.5, 0.6) is 0 Å². The molecule has 0 saturated carbocycles. The van der Waals surface area contributed by atoms with Gasteiger partial charge in [-0.2, -0.15) is 0 Å². The van der Waals surface area contributed by atoms with E-state index in [0.29, 0.717) is 6.54 Å². The van der Waals surface area contributed by atoms with Crippen molar-refractivity contribution >= 4 is 11.5 Å². The highest BCUT2D eigenvalue weighted by atomic mass is 16.2. The molecule has 1 unspecified atom stereocenters. The maximum Gasteiger partial charge on any atom is 0.239 e. The Morgan fingerprint density at radius 3 is 2.55 bits per heavy atom. The Balaban J connectivity index is 1.81. The van der Waals surface area contributed by atoms with E-state index in [1.54, 1.807) is 0 Å². The molecule has 0 aliphatic carbocycles. The molecule has 1 saturated heterocycles. The van der Waals surface area contributed by atoms with E-state index in [2.05, 4.69) is 11.9 Å². The number of piperidine rings is 1. The molecule has 3 heteroatoms. The molecule has 3 nitrogen and oxygen atoms in total. The van der Waals surface area contributed by atoms with Gasteiger partial charge >= 0.3 is 0 Å². The normalized spacial score (nSPS) is 16.8. The highest BCUT2D eigenvalue weighted by Gasteiger charge is 2.21. The zero-order valence-electron chi connectivity index (χ0n) is 12.3. The van der Waals surface area contributed by atoms with Gasteiger partial charge in [-0.15, -0.1) is 0 Å². The molecule has 1 aromatic carbocycles. The topological polar surface area (TPSA) is 32.3 Å². The van der Waals surface area contributed by atoms with Crippen LogP contribution in [0.1, 0.15) is 31.7 Å². The first-order valence-electron chi connectivity index (χ1n) is 7.44. The Hall–Kier alpha value is -1.61. The molecule has 108 valence electrons. The number of rotatable bonds is 5. The van der Waals surface area contributed by atoms with Crippen LogP contribution in [0.25, 0.3) is 5.57 Å². The number of benzene rings is 1. The zero-order chi connectivity index (χ0) is 14.4. The van der Waals surface area contributed by atoms with Gasteiger partial charge in [0.2, 0.25) is 5.91 Å². The van der Waals surface area contributed by atoms with Crippen molar-refractivity contribution in [2.45, 2.75) is 32.2 Å². The van der Waals surface area contributed by atoms with Crippen molar-refractivity contribution in [1.82, 2.24) is 10.2 Å². The largest absolute Gasteiger partial charge is 0.341 e. The summed E-state index contributed by atoms with van der Waals surface area (Å²) in [6.45, 7) is 8.48. The van der Waals surface area contributed by atoms with Crippen LogP contribution in [0.2, 0.25) is 0 Å². The Morgan fingerprint density at radius 1 is 1.25 bits per heavy atom. The van der Waals surface area contributed by atoms with Crippen molar-refractivity contribution in [2.24, 2.45) is 0 Å². The zero-order valence-corrected chi connectivity index (χ0v) is 12.3. The molecule has 1 amide bonds. The number of carbonyl (C=O) groups is 1. The molecule has 0 radical (unpaired) electrons. The number of nitrogens with zero attached hydrogens (tertiary/aromatic N) is 1. The first-order chi connectivity index (χ1) is 9.68. The third-order valence-electron chi connectivity index (χ3n) is 3.84. The minimum atomic E-state index is -0.145. The summed E-state index contributed by atoms with van der Waals surface area (Å²) in [5.41, 5.74) is 2.14. The fraction of sp³-hybridized carbons (Fsp3) is 0.471. The highest BCUT2D eigenvalue weighted by Crippen LogP contribution is 2.12. The summed E-state index contributed by atoms with van der Waals surface area (Å²) >= 11 is 0. The second-order valence-corrected chi connectivity index (χ2v) is 5.46. The molecule has 20 heavy (non-hydrogen) atoms. The Kier molecular flexibility index (Phi) is 5.36. The quantitative estimate of drug-likeness (QED) is 0.894. The van der Waals surface area contributed by atoms with E-state index in [0.717, 1.165) is 37.1 Å². The van der Waals surface area contributed by atoms with Crippen molar-refractivity contribution < 1.29 is 4.79 Å². The SMILES string of the molecule is C=C(CNC(C)C(=O)N1CCCCC1)c1ccccc1. The first-order valence-corrected chi connectivity index (χ1v) is 7.44. The summed E-state index contributed by atoms with van der Waals surface area (Å²) in [4.78, 5) is 14.3. The number of hydrogen-bond acceptors (Lipinski definition) is 2. The number of hydrogen-bond donors (Lipinski definition) is 1. The summed E-state index contributed by atoms with van der Waals surface area (Å²) < 4.78 is 0. The van der Waals surface area contributed by atoms with Gasteiger partial charge in [-0.3, -0.25) is 4.79 Å². The Bertz CT molecular complexity index is 449. The molecular weight excluding hydrogens is 248 g/mol. The lowest BCUT2D eigenvalue weighted by Crippen LogP contribution is -2.47. The van der Waals surface area contributed by atoms with Gasteiger partial charge in [0.1, 0.15) is 0 Å². The number of carbonyl (C=O) groups excluding carboxylic acids is 1. The maximum absolute atomic E-state index is 12.3. The molecule has 1 aliphatic heterocycles. The van der Waals surface area contributed by atoms with Crippen LogP contribution in [0, 0.1) is 0 Å². The van der Waals surface area contributed by atoms with Crippen LogP contribution in [-0.4, -0.2) is 36.5 Å². The van der Waals surface area contributed by atoms with Gasteiger partial charge in [0.25, 0.3) is 0 Å². The second kappa shape index (κ2) is 7.25. The molecule has 0 spiro atoms. The lowest BCUT2D eigenvalue weighted by Gasteiger charge is -2.29. The predicted octanol–water partition coefficient (Wildman–Crippen LogP) is 2.69. The van der Waals surface area contributed by atoms with Crippen LogP contribution in [0.4, 0.5) is 0 Å². The molecule has 2 rings (SSSR count). The molecular formula is C17H24N2O. The van der Waals surface area contributed by atoms with Gasteiger partial charge in [-0.1, -0.05) is 36.9 Å². The summed E-state index contributed by atoms with van der Waals surface area (Å²) in [5, 5.41) is 3.29. The van der Waals surface area contributed by atoms with E-state index in [1.807, 2.05) is 42.2 Å². The van der Waals surface area contributed by atoms with Gasteiger partial charge in [-0.05, 0) is 37.3 Å². The van der Waals surface area contributed by atoms with Crippen LogP contribution in [0.15, 0.2) is 36.9 Å². The standard InChI is InChI=1S/C17H24N2O/c1-14(16-9-5-3-6-10-16)13-18-15(2)17(20)19-11-7-4-8-12-19/h3,5-6,9-10,15,18H,1,4,7-8,11-13H2,2H3. The molecule has 1 aliphatic rings. The van der Waals surface area contributed by atoms with Gasteiger partial charge in [0, 0.05) is 19.6 Å². The second-order valence-electron chi connectivity index (χ2n) is 5.46.